The Kier molecular flexibility index (Phi) is 3.23. The van der Waals surface area contributed by atoms with Crippen molar-refractivity contribution in [3.63, 3.8) is 0 Å². The minimum atomic E-state index is -3.54. The molecule has 1 aromatic carbocycles. The summed E-state index contributed by atoms with van der Waals surface area (Å²) in [5, 5.41) is 0. The summed E-state index contributed by atoms with van der Waals surface area (Å²) in [7, 11) is -3.54. The Labute approximate surface area is 101 Å². The van der Waals surface area contributed by atoms with Crippen LogP contribution in [0.4, 0.5) is 4.39 Å². The second-order valence-electron chi connectivity index (χ2n) is 4.56. The van der Waals surface area contributed by atoms with Gasteiger partial charge in [0.15, 0.2) is 9.84 Å². The van der Waals surface area contributed by atoms with E-state index in [4.69, 9.17) is 5.73 Å². The van der Waals surface area contributed by atoms with E-state index in [1.807, 2.05) is 0 Å². The molecule has 0 radical (unpaired) electrons. The van der Waals surface area contributed by atoms with Crippen molar-refractivity contribution in [2.24, 2.45) is 5.73 Å². The first-order chi connectivity index (χ1) is 8.02. The molecular formula is C12H16FNO2S. The first kappa shape index (κ1) is 12.5. The fraction of sp³-hybridized carbons (Fsp3) is 0.500. The molecule has 0 saturated heterocycles. The van der Waals surface area contributed by atoms with Crippen molar-refractivity contribution >= 4 is 9.84 Å². The molecule has 5 heteroatoms. The second kappa shape index (κ2) is 4.38. The van der Waals surface area contributed by atoms with E-state index in [9.17, 15) is 12.8 Å². The number of hydrogen-bond acceptors (Lipinski definition) is 3. The van der Waals surface area contributed by atoms with Gasteiger partial charge in [-0.3, -0.25) is 0 Å². The zero-order valence-electron chi connectivity index (χ0n) is 9.52. The fourth-order valence-electron chi connectivity index (χ4n) is 2.49. The number of benzene rings is 1. The van der Waals surface area contributed by atoms with Gasteiger partial charge in [-0.2, -0.15) is 0 Å². The topological polar surface area (TPSA) is 60.2 Å². The molecule has 0 atom stereocenters. The van der Waals surface area contributed by atoms with Crippen LogP contribution < -0.4 is 5.73 Å². The highest BCUT2D eigenvalue weighted by Gasteiger charge is 2.45. The number of halogens is 1. The van der Waals surface area contributed by atoms with Crippen LogP contribution in [0.1, 0.15) is 25.7 Å². The van der Waals surface area contributed by atoms with Gasteiger partial charge in [-0.25, -0.2) is 12.8 Å². The van der Waals surface area contributed by atoms with E-state index in [0.717, 1.165) is 18.9 Å². The third kappa shape index (κ3) is 1.98. The van der Waals surface area contributed by atoms with Crippen molar-refractivity contribution < 1.29 is 12.8 Å². The van der Waals surface area contributed by atoms with E-state index in [2.05, 4.69) is 0 Å². The van der Waals surface area contributed by atoms with E-state index in [1.54, 1.807) is 0 Å². The highest BCUT2D eigenvalue weighted by molar-refractivity contribution is 7.92. The lowest BCUT2D eigenvalue weighted by Crippen LogP contribution is -2.43. The average molecular weight is 257 g/mol. The zero-order chi connectivity index (χ0) is 12.5. The third-order valence-electron chi connectivity index (χ3n) is 3.56. The number of hydrogen-bond donors (Lipinski definition) is 1. The van der Waals surface area contributed by atoms with Gasteiger partial charge in [-0.15, -0.1) is 0 Å². The average Bonchev–Trinajstić information content (AvgIpc) is 2.79. The van der Waals surface area contributed by atoms with E-state index < -0.39 is 20.4 Å². The molecule has 0 aliphatic heterocycles. The van der Waals surface area contributed by atoms with Crippen molar-refractivity contribution in [1.29, 1.82) is 0 Å². The van der Waals surface area contributed by atoms with Crippen LogP contribution in [0.3, 0.4) is 0 Å². The predicted octanol–water partition coefficient (Wildman–Crippen LogP) is 1.87. The monoisotopic (exact) mass is 257 g/mol. The molecule has 0 heterocycles. The molecule has 1 aliphatic carbocycles. The molecule has 94 valence electrons. The molecule has 0 amide bonds. The van der Waals surface area contributed by atoms with Crippen LogP contribution in [0.5, 0.6) is 0 Å². The Morgan fingerprint density at radius 1 is 1.29 bits per heavy atom. The molecule has 1 fully saturated rings. The van der Waals surface area contributed by atoms with Crippen molar-refractivity contribution in [3.05, 3.63) is 30.1 Å². The summed E-state index contributed by atoms with van der Waals surface area (Å²) < 4.78 is 37.2. The van der Waals surface area contributed by atoms with Crippen molar-refractivity contribution in [2.45, 2.75) is 35.3 Å². The van der Waals surface area contributed by atoms with E-state index in [-0.39, 0.29) is 11.4 Å². The Morgan fingerprint density at radius 3 is 2.47 bits per heavy atom. The molecule has 0 unspecified atom stereocenters. The van der Waals surface area contributed by atoms with Crippen LogP contribution >= 0.6 is 0 Å². The van der Waals surface area contributed by atoms with Crippen molar-refractivity contribution in [2.75, 3.05) is 6.54 Å². The molecule has 0 aromatic heterocycles. The third-order valence-corrected chi connectivity index (χ3v) is 6.15. The van der Waals surface area contributed by atoms with Gasteiger partial charge in [0.1, 0.15) is 5.82 Å². The normalized spacial score (nSPS) is 19.4. The molecule has 1 aliphatic rings. The van der Waals surface area contributed by atoms with Gasteiger partial charge in [0.25, 0.3) is 0 Å². The molecule has 3 nitrogen and oxygen atoms in total. The molecule has 0 spiro atoms. The summed E-state index contributed by atoms with van der Waals surface area (Å²) in [6, 6.07) is 5.17. The lowest BCUT2D eigenvalue weighted by Gasteiger charge is -2.27. The van der Waals surface area contributed by atoms with Gasteiger partial charge in [-0.05, 0) is 31.0 Å². The Morgan fingerprint density at radius 2 is 1.94 bits per heavy atom. The Balaban J connectivity index is 2.49. The molecule has 1 aromatic rings. The second-order valence-corrected chi connectivity index (χ2v) is 6.90. The van der Waals surface area contributed by atoms with Gasteiger partial charge in [0.05, 0.1) is 9.64 Å². The van der Waals surface area contributed by atoms with Crippen LogP contribution in [0.2, 0.25) is 0 Å². The SMILES string of the molecule is NCC1(S(=O)(=O)c2cccc(F)c2)CCCC1. The minimum Gasteiger partial charge on any atom is -0.329 e. The molecule has 0 bridgehead atoms. The minimum absolute atomic E-state index is 0.0462. The maximum absolute atomic E-state index is 13.1. The summed E-state index contributed by atoms with van der Waals surface area (Å²) in [5.41, 5.74) is 5.66. The largest absolute Gasteiger partial charge is 0.329 e. The highest BCUT2D eigenvalue weighted by atomic mass is 32.2. The number of sulfone groups is 1. The lowest BCUT2D eigenvalue weighted by molar-refractivity contribution is 0.514. The molecular weight excluding hydrogens is 241 g/mol. The number of rotatable bonds is 3. The summed E-state index contributed by atoms with van der Waals surface area (Å²) in [4.78, 5) is 0.0462. The Bertz CT molecular complexity index is 507. The first-order valence-electron chi connectivity index (χ1n) is 5.72. The van der Waals surface area contributed by atoms with Crippen LogP contribution in [-0.2, 0) is 9.84 Å². The summed E-state index contributed by atoms with van der Waals surface area (Å²) in [6.45, 7) is 0.103. The maximum atomic E-state index is 13.1. The van der Waals surface area contributed by atoms with Gasteiger partial charge in [0, 0.05) is 6.54 Å². The molecule has 1 saturated carbocycles. The van der Waals surface area contributed by atoms with Gasteiger partial charge < -0.3 is 5.73 Å². The fourth-order valence-corrected chi connectivity index (χ4v) is 4.56. The van der Waals surface area contributed by atoms with E-state index in [0.29, 0.717) is 12.8 Å². The summed E-state index contributed by atoms with van der Waals surface area (Å²) in [6.07, 6.45) is 2.88. The van der Waals surface area contributed by atoms with Crippen LogP contribution in [-0.4, -0.2) is 19.7 Å². The first-order valence-corrected chi connectivity index (χ1v) is 7.20. The molecule has 2 N–H and O–H groups in total. The van der Waals surface area contributed by atoms with Crippen molar-refractivity contribution in [1.82, 2.24) is 0 Å². The maximum Gasteiger partial charge on any atom is 0.185 e. The van der Waals surface area contributed by atoms with Gasteiger partial charge in [0.2, 0.25) is 0 Å². The number of nitrogens with two attached hydrogens (primary N) is 1. The van der Waals surface area contributed by atoms with Gasteiger partial charge in [-0.1, -0.05) is 18.9 Å². The van der Waals surface area contributed by atoms with Crippen LogP contribution in [0, 0.1) is 5.82 Å². The van der Waals surface area contributed by atoms with Crippen LogP contribution in [0.25, 0.3) is 0 Å². The summed E-state index contributed by atoms with van der Waals surface area (Å²) >= 11 is 0. The Hall–Kier alpha value is -0.940. The van der Waals surface area contributed by atoms with Crippen molar-refractivity contribution in [3.8, 4) is 0 Å². The van der Waals surface area contributed by atoms with E-state index >= 15 is 0 Å². The molecule has 2 rings (SSSR count). The highest BCUT2D eigenvalue weighted by Crippen LogP contribution is 2.39. The standard InChI is InChI=1S/C12H16FNO2S/c13-10-4-3-5-11(8-10)17(15,16)12(9-14)6-1-2-7-12/h3-5,8H,1-2,6-7,9,14H2. The quantitative estimate of drug-likeness (QED) is 0.899. The smallest absolute Gasteiger partial charge is 0.185 e. The van der Waals surface area contributed by atoms with Gasteiger partial charge >= 0.3 is 0 Å². The predicted molar refractivity (Wildman–Crippen MR) is 63.8 cm³/mol. The zero-order valence-corrected chi connectivity index (χ0v) is 10.3. The summed E-state index contributed by atoms with van der Waals surface area (Å²) in [5.74, 6) is -0.531. The molecule has 17 heavy (non-hydrogen) atoms. The van der Waals surface area contributed by atoms with E-state index in [1.165, 1.54) is 18.2 Å². The van der Waals surface area contributed by atoms with Crippen LogP contribution in [0.15, 0.2) is 29.2 Å². The lowest BCUT2D eigenvalue weighted by atomic mass is 10.1.